The van der Waals surface area contributed by atoms with Crippen molar-refractivity contribution in [3.05, 3.63) is 35.9 Å². The van der Waals surface area contributed by atoms with E-state index in [2.05, 4.69) is 43.5 Å². The summed E-state index contributed by atoms with van der Waals surface area (Å²) in [6.07, 6.45) is 7.16. The van der Waals surface area contributed by atoms with E-state index in [4.69, 9.17) is 14.0 Å². The van der Waals surface area contributed by atoms with E-state index in [1.807, 2.05) is 18.2 Å². The van der Waals surface area contributed by atoms with Crippen LogP contribution in [0.1, 0.15) is 64.9 Å². The fraction of sp³-hybridized carbons (Fsp3) is 0.731. The lowest BCUT2D eigenvalue weighted by Crippen LogP contribution is -2.65. The first-order chi connectivity index (χ1) is 15.8. The molecule has 0 unspecified atom stereocenters. The Bertz CT molecular complexity index is 903. The number of carbonyl (C=O) groups is 1. The molecule has 4 bridgehead atoms. The summed E-state index contributed by atoms with van der Waals surface area (Å²) >= 11 is 0. The lowest BCUT2D eigenvalue weighted by molar-refractivity contribution is -0.199. The lowest BCUT2D eigenvalue weighted by atomic mass is 9.43. The number of nitrogens with one attached hydrogen (secondary N) is 2. The van der Waals surface area contributed by atoms with Crippen LogP contribution in [0.15, 0.2) is 30.3 Å². The molecule has 3 aliphatic heterocycles. The molecular weight excluding hydrogens is 415 g/mol. The van der Waals surface area contributed by atoms with Crippen LogP contribution < -0.4 is 10.6 Å². The fourth-order valence-electron chi connectivity index (χ4n) is 7.63. The van der Waals surface area contributed by atoms with Crippen LogP contribution in [0, 0.1) is 17.3 Å². The molecule has 1 amide bonds. The SMILES string of the molecule is CC1(C)[C@@H]2C[C@H]3OB([C@H](Cc4ccccc4)NC(=O)OCC45CCC(CC4)N5)O[C@@]3(C)[C@H]1C2. The summed E-state index contributed by atoms with van der Waals surface area (Å²) in [5, 5.41) is 6.77. The van der Waals surface area contributed by atoms with Gasteiger partial charge in [0.25, 0.3) is 0 Å². The molecule has 5 atom stereocenters. The van der Waals surface area contributed by atoms with E-state index in [1.165, 1.54) is 19.3 Å². The fourth-order valence-corrected chi connectivity index (χ4v) is 7.63. The average molecular weight is 452 g/mol. The van der Waals surface area contributed by atoms with Crippen molar-refractivity contribution < 1.29 is 18.8 Å². The van der Waals surface area contributed by atoms with Crippen LogP contribution in [-0.4, -0.2) is 49.0 Å². The Kier molecular flexibility index (Phi) is 5.13. The maximum atomic E-state index is 12.9. The maximum Gasteiger partial charge on any atom is 0.482 e. The molecule has 6 aliphatic rings. The second-order valence-corrected chi connectivity index (χ2v) is 12.1. The van der Waals surface area contributed by atoms with Gasteiger partial charge in [-0.1, -0.05) is 44.2 Å². The third kappa shape index (κ3) is 3.62. The number of rotatable bonds is 6. The van der Waals surface area contributed by atoms with E-state index >= 15 is 0 Å². The lowest BCUT2D eigenvalue weighted by Gasteiger charge is -2.64. The molecule has 0 spiro atoms. The molecule has 2 N–H and O–H groups in total. The molecule has 6 nitrogen and oxygen atoms in total. The second-order valence-electron chi connectivity index (χ2n) is 12.1. The van der Waals surface area contributed by atoms with Gasteiger partial charge in [0.2, 0.25) is 0 Å². The highest BCUT2D eigenvalue weighted by atomic mass is 16.7. The summed E-state index contributed by atoms with van der Waals surface area (Å²) in [4.78, 5) is 12.9. The predicted octanol–water partition coefficient (Wildman–Crippen LogP) is 3.88. The van der Waals surface area contributed by atoms with E-state index in [-0.39, 0.29) is 34.7 Å². The predicted molar refractivity (Wildman–Crippen MR) is 127 cm³/mol. The van der Waals surface area contributed by atoms with Crippen LogP contribution in [0.2, 0.25) is 0 Å². The van der Waals surface area contributed by atoms with Crippen molar-refractivity contribution in [2.45, 2.75) is 94.9 Å². The monoisotopic (exact) mass is 452 g/mol. The number of hydrogen-bond acceptors (Lipinski definition) is 5. The summed E-state index contributed by atoms with van der Waals surface area (Å²) in [7, 11) is -0.471. The molecule has 1 aromatic carbocycles. The molecule has 3 saturated heterocycles. The summed E-state index contributed by atoms with van der Waals surface area (Å²) < 4.78 is 19.0. The van der Waals surface area contributed by atoms with Gasteiger partial charge in [0.15, 0.2) is 0 Å². The molecule has 6 fully saturated rings. The van der Waals surface area contributed by atoms with Crippen LogP contribution >= 0.6 is 0 Å². The van der Waals surface area contributed by atoms with Crippen LogP contribution in [-0.2, 0) is 20.5 Å². The van der Waals surface area contributed by atoms with Crippen LogP contribution in [0.25, 0.3) is 0 Å². The zero-order chi connectivity index (χ0) is 22.8. The zero-order valence-corrected chi connectivity index (χ0v) is 20.1. The minimum Gasteiger partial charge on any atom is -0.448 e. The summed E-state index contributed by atoms with van der Waals surface area (Å²) in [5.74, 6) is 0.890. The first-order valence-electron chi connectivity index (χ1n) is 12.9. The number of carbonyl (C=O) groups excluding carboxylic acids is 1. The topological polar surface area (TPSA) is 68.8 Å². The minimum atomic E-state index is -0.471. The third-order valence-corrected chi connectivity index (χ3v) is 9.83. The standard InChI is InChI=1S/C26H37BN2O4/c1-24(2)18-14-20(24)25(3)21(15-18)32-27(33-25)22(13-17-7-5-4-6-8-17)28-23(30)31-16-26-11-9-19(29-26)10-12-26/h4-8,18-22,29H,9-16H2,1-3H3,(H,28,30)/t18-,19?,20-,21+,22-,25-,26?/m0/s1. The number of amides is 1. The molecule has 7 heteroatoms. The maximum absolute atomic E-state index is 12.9. The second kappa shape index (κ2) is 7.72. The summed E-state index contributed by atoms with van der Waals surface area (Å²) in [6, 6.07) is 10.8. The highest BCUT2D eigenvalue weighted by Crippen LogP contribution is 2.65. The number of alkyl carbamates (subject to hydrolysis) is 1. The Morgan fingerprint density at radius 3 is 2.64 bits per heavy atom. The van der Waals surface area contributed by atoms with E-state index in [9.17, 15) is 4.79 Å². The van der Waals surface area contributed by atoms with Crippen molar-refractivity contribution >= 4 is 13.2 Å². The van der Waals surface area contributed by atoms with Gasteiger partial charge in [0, 0.05) is 6.04 Å². The molecule has 178 valence electrons. The van der Waals surface area contributed by atoms with Crippen molar-refractivity contribution in [2.24, 2.45) is 17.3 Å². The largest absolute Gasteiger partial charge is 0.482 e. The van der Waals surface area contributed by atoms with Crippen molar-refractivity contribution in [2.75, 3.05) is 6.61 Å². The van der Waals surface area contributed by atoms with Gasteiger partial charge in [-0.05, 0) is 74.7 Å². The third-order valence-electron chi connectivity index (χ3n) is 9.83. The van der Waals surface area contributed by atoms with E-state index < -0.39 is 7.12 Å². The Balaban J connectivity index is 1.15. The molecule has 3 aliphatic carbocycles. The number of ether oxygens (including phenoxy) is 1. The number of hydrogen-bond donors (Lipinski definition) is 2. The molecule has 7 rings (SSSR count). The quantitative estimate of drug-likeness (QED) is 0.642. The van der Waals surface area contributed by atoms with Crippen molar-refractivity contribution in [1.82, 2.24) is 10.6 Å². The van der Waals surface area contributed by atoms with Gasteiger partial charge in [0.05, 0.1) is 23.2 Å². The smallest absolute Gasteiger partial charge is 0.448 e. The number of benzene rings is 1. The van der Waals surface area contributed by atoms with Gasteiger partial charge < -0.3 is 24.7 Å². The Labute approximate surface area is 197 Å². The van der Waals surface area contributed by atoms with Gasteiger partial charge in [0.1, 0.15) is 6.61 Å². The Morgan fingerprint density at radius 1 is 1.21 bits per heavy atom. The van der Waals surface area contributed by atoms with Gasteiger partial charge in [-0.2, -0.15) is 0 Å². The molecule has 0 aromatic heterocycles. The minimum absolute atomic E-state index is 0.0215. The van der Waals surface area contributed by atoms with E-state index in [0.717, 1.165) is 24.8 Å². The molecule has 3 heterocycles. The van der Waals surface area contributed by atoms with Crippen LogP contribution in [0.5, 0.6) is 0 Å². The zero-order valence-electron chi connectivity index (χ0n) is 20.1. The number of fused-ring (bicyclic) bond motifs is 2. The van der Waals surface area contributed by atoms with Crippen molar-refractivity contribution in [3.8, 4) is 0 Å². The molecule has 33 heavy (non-hydrogen) atoms. The van der Waals surface area contributed by atoms with Crippen molar-refractivity contribution in [3.63, 3.8) is 0 Å². The Morgan fingerprint density at radius 2 is 1.97 bits per heavy atom. The molecular formula is C26H37BN2O4. The van der Waals surface area contributed by atoms with E-state index in [0.29, 0.717) is 30.9 Å². The molecule has 0 radical (unpaired) electrons. The van der Waals surface area contributed by atoms with E-state index in [1.54, 1.807) is 0 Å². The highest BCUT2D eigenvalue weighted by Gasteiger charge is 2.68. The van der Waals surface area contributed by atoms with Gasteiger partial charge >= 0.3 is 13.2 Å². The summed E-state index contributed by atoms with van der Waals surface area (Å²) in [5.41, 5.74) is 1.12. The van der Waals surface area contributed by atoms with Crippen LogP contribution in [0.4, 0.5) is 4.79 Å². The molecule has 3 saturated carbocycles. The average Bonchev–Trinajstić information content (AvgIpc) is 3.50. The van der Waals surface area contributed by atoms with Gasteiger partial charge in [-0.25, -0.2) is 4.79 Å². The van der Waals surface area contributed by atoms with Gasteiger partial charge in [-0.3, -0.25) is 0 Å². The van der Waals surface area contributed by atoms with Gasteiger partial charge in [-0.15, -0.1) is 0 Å². The van der Waals surface area contributed by atoms with Crippen LogP contribution in [0.3, 0.4) is 0 Å². The molecule has 1 aromatic rings. The normalized spacial score (nSPS) is 40.8. The van der Waals surface area contributed by atoms with Crippen molar-refractivity contribution in [1.29, 1.82) is 0 Å². The first kappa shape index (κ1) is 21.9. The summed E-state index contributed by atoms with van der Waals surface area (Å²) in [6.45, 7) is 7.38. The Hall–Kier alpha value is -1.57. The first-order valence-corrected chi connectivity index (χ1v) is 12.9. The highest BCUT2D eigenvalue weighted by molar-refractivity contribution is 6.47.